The quantitative estimate of drug-likeness (QED) is 0.371. The molecule has 0 saturated heterocycles. The maximum absolute atomic E-state index is 13.5. The Morgan fingerprint density at radius 2 is 1.67 bits per heavy atom. The number of anilines is 1. The molecule has 1 N–H and O–H groups in total. The SMILES string of the molecule is O=C(Cn1c2ccccc2c2ncn(Cc3ccccc3Cl)c(=O)c21)Nc1ccc(Cl)cc1. The van der Waals surface area contributed by atoms with E-state index in [-0.39, 0.29) is 24.6 Å². The van der Waals surface area contributed by atoms with Crippen molar-refractivity contribution >= 4 is 56.7 Å². The standard InChI is InChI=1S/C25H18Cl2N4O2/c26-17-9-11-18(12-10-17)29-22(32)14-31-21-8-4-2-6-19(21)23-24(31)25(33)30(15-28-23)13-16-5-1-3-7-20(16)27/h1-12,15H,13-14H2,(H,29,32). The van der Waals surface area contributed by atoms with Crippen molar-refractivity contribution in [3.05, 3.63) is 105 Å². The Morgan fingerprint density at radius 3 is 2.45 bits per heavy atom. The molecule has 33 heavy (non-hydrogen) atoms. The molecular weight excluding hydrogens is 459 g/mol. The molecule has 2 heterocycles. The monoisotopic (exact) mass is 476 g/mol. The summed E-state index contributed by atoms with van der Waals surface area (Å²) in [6.45, 7) is 0.236. The van der Waals surface area contributed by atoms with Gasteiger partial charge in [0.15, 0.2) is 0 Å². The van der Waals surface area contributed by atoms with Crippen LogP contribution in [0.3, 0.4) is 0 Å². The van der Waals surface area contributed by atoms with Crippen molar-refractivity contribution in [2.45, 2.75) is 13.1 Å². The number of carbonyl (C=O) groups excluding carboxylic acids is 1. The fraction of sp³-hybridized carbons (Fsp3) is 0.0800. The first-order valence-electron chi connectivity index (χ1n) is 10.3. The van der Waals surface area contributed by atoms with Crippen LogP contribution in [0.25, 0.3) is 21.9 Å². The van der Waals surface area contributed by atoms with E-state index in [0.29, 0.717) is 26.8 Å². The number of nitrogens with one attached hydrogen (secondary N) is 1. The number of amides is 1. The Bertz CT molecular complexity index is 1560. The molecule has 0 aliphatic rings. The van der Waals surface area contributed by atoms with E-state index in [1.807, 2.05) is 42.5 Å². The predicted molar refractivity (Wildman–Crippen MR) is 132 cm³/mol. The molecule has 164 valence electrons. The number of nitrogens with zero attached hydrogens (tertiary/aromatic N) is 3. The van der Waals surface area contributed by atoms with Crippen LogP contribution in [0.2, 0.25) is 10.0 Å². The Balaban J connectivity index is 1.58. The molecule has 0 aliphatic carbocycles. The number of hydrogen-bond acceptors (Lipinski definition) is 3. The van der Waals surface area contributed by atoms with Gasteiger partial charge in [0, 0.05) is 21.1 Å². The first-order chi connectivity index (χ1) is 16.0. The van der Waals surface area contributed by atoms with Crippen LogP contribution < -0.4 is 10.9 Å². The summed E-state index contributed by atoms with van der Waals surface area (Å²) in [6.07, 6.45) is 1.53. The van der Waals surface area contributed by atoms with E-state index in [9.17, 15) is 9.59 Å². The average Bonchev–Trinajstić information content (AvgIpc) is 3.13. The van der Waals surface area contributed by atoms with Gasteiger partial charge in [-0.3, -0.25) is 14.2 Å². The van der Waals surface area contributed by atoms with E-state index < -0.39 is 0 Å². The molecule has 3 aromatic carbocycles. The highest BCUT2D eigenvalue weighted by molar-refractivity contribution is 6.31. The van der Waals surface area contributed by atoms with Gasteiger partial charge < -0.3 is 9.88 Å². The van der Waals surface area contributed by atoms with Crippen molar-refractivity contribution in [1.82, 2.24) is 14.1 Å². The average molecular weight is 477 g/mol. The molecule has 8 heteroatoms. The van der Waals surface area contributed by atoms with Crippen molar-refractivity contribution in [3.63, 3.8) is 0 Å². The molecule has 6 nitrogen and oxygen atoms in total. The van der Waals surface area contributed by atoms with Gasteiger partial charge in [-0.15, -0.1) is 0 Å². The maximum atomic E-state index is 13.5. The van der Waals surface area contributed by atoms with Crippen molar-refractivity contribution < 1.29 is 4.79 Å². The summed E-state index contributed by atoms with van der Waals surface area (Å²) in [5, 5.41) is 4.83. The Kier molecular flexibility index (Phi) is 5.62. The van der Waals surface area contributed by atoms with Crippen LogP contribution in [0.15, 0.2) is 83.9 Å². The van der Waals surface area contributed by atoms with Crippen LogP contribution >= 0.6 is 23.2 Å². The van der Waals surface area contributed by atoms with E-state index in [2.05, 4.69) is 10.3 Å². The molecule has 0 fully saturated rings. The molecular formula is C25H18Cl2N4O2. The second kappa shape index (κ2) is 8.73. The van der Waals surface area contributed by atoms with E-state index >= 15 is 0 Å². The van der Waals surface area contributed by atoms with Gasteiger partial charge in [0.2, 0.25) is 5.91 Å². The highest BCUT2D eigenvalue weighted by Gasteiger charge is 2.18. The van der Waals surface area contributed by atoms with E-state index in [0.717, 1.165) is 16.5 Å². The lowest BCUT2D eigenvalue weighted by Crippen LogP contribution is -2.25. The fourth-order valence-corrected chi connectivity index (χ4v) is 4.23. The molecule has 0 unspecified atom stereocenters. The highest BCUT2D eigenvalue weighted by atomic mass is 35.5. The number of halogens is 2. The third-order valence-corrected chi connectivity index (χ3v) is 6.08. The maximum Gasteiger partial charge on any atom is 0.278 e. The molecule has 0 aliphatic heterocycles. The van der Waals surface area contributed by atoms with Gasteiger partial charge in [-0.2, -0.15) is 0 Å². The number of fused-ring (bicyclic) bond motifs is 3. The Labute approximate surface area is 199 Å². The van der Waals surface area contributed by atoms with Crippen LogP contribution in [0, 0.1) is 0 Å². The summed E-state index contributed by atoms with van der Waals surface area (Å²) in [7, 11) is 0. The summed E-state index contributed by atoms with van der Waals surface area (Å²) >= 11 is 12.2. The van der Waals surface area contributed by atoms with Gasteiger partial charge in [0.25, 0.3) is 5.56 Å². The topological polar surface area (TPSA) is 68.9 Å². The number of carbonyl (C=O) groups is 1. The summed E-state index contributed by atoms with van der Waals surface area (Å²) in [5.74, 6) is -0.263. The molecule has 0 bridgehead atoms. The smallest absolute Gasteiger partial charge is 0.278 e. The molecule has 0 radical (unpaired) electrons. The van der Waals surface area contributed by atoms with Crippen molar-refractivity contribution in [3.8, 4) is 0 Å². The lowest BCUT2D eigenvalue weighted by atomic mass is 10.2. The first kappa shape index (κ1) is 21.2. The number of aromatic nitrogens is 3. The lowest BCUT2D eigenvalue weighted by Gasteiger charge is -2.10. The zero-order valence-electron chi connectivity index (χ0n) is 17.3. The van der Waals surface area contributed by atoms with Gasteiger partial charge in [-0.05, 0) is 42.0 Å². The number of para-hydroxylation sites is 1. The Hall–Kier alpha value is -3.61. The van der Waals surface area contributed by atoms with Gasteiger partial charge >= 0.3 is 0 Å². The number of rotatable bonds is 5. The van der Waals surface area contributed by atoms with E-state index in [4.69, 9.17) is 23.2 Å². The minimum absolute atomic E-state index is 0.0420. The second-order valence-corrected chi connectivity index (χ2v) is 8.47. The molecule has 0 saturated carbocycles. The predicted octanol–water partition coefficient (Wildman–Crippen LogP) is 5.35. The van der Waals surface area contributed by atoms with Crippen LogP contribution in [0.1, 0.15) is 5.56 Å². The summed E-state index contributed by atoms with van der Waals surface area (Å²) in [6, 6.07) is 21.8. The van der Waals surface area contributed by atoms with Crippen molar-refractivity contribution in [2.75, 3.05) is 5.32 Å². The van der Waals surface area contributed by atoms with E-state index in [1.165, 1.54) is 10.9 Å². The van der Waals surface area contributed by atoms with Crippen LogP contribution in [0.4, 0.5) is 5.69 Å². The Morgan fingerprint density at radius 1 is 0.939 bits per heavy atom. The molecule has 5 rings (SSSR count). The van der Waals surface area contributed by atoms with Gasteiger partial charge in [-0.25, -0.2) is 4.98 Å². The third-order valence-electron chi connectivity index (χ3n) is 5.46. The second-order valence-electron chi connectivity index (χ2n) is 7.62. The van der Waals surface area contributed by atoms with Crippen LogP contribution in [0.5, 0.6) is 0 Å². The minimum atomic E-state index is -0.263. The molecule has 0 atom stereocenters. The fourth-order valence-electron chi connectivity index (χ4n) is 3.91. The lowest BCUT2D eigenvalue weighted by molar-refractivity contribution is -0.116. The van der Waals surface area contributed by atoms with Crippen LogP contribution in [-0.2, 0) is 17.9 Å². The summed E-state index contributed by atoms with van der Waals surface area (Å²) < 4.78 is 3.23. The van der Waals surface area contributed by atoms with E-state index in [1.54, 1.807) is 34.9 Å². The zero-order chi connectivity index (χ0) is 22.9. The first-order valence-corrected chi connectivity index (χ1v) is 11.0. The number of hydrogen-bond donors (Lipinski definition) is 1. The molecule has 1 amide bonds. The third kappa shape index (κ3) is 4.11. The van der Waals surface area contributed by atoms with Gasteiger partial charge in [-0.1, -0.05) is 59.6 Å². The summed E-state index contributed by atoms with van der Waals surface area (Å²) in [4.78, 5) is 31.0. The van der Waals surface area contributed by atoms with Crippen LogP contribution in [-0.4, -0.2) is 20.0 Å². The molecule has 0 spiro atoms. The highest BCUT2D eigenvalue weighted by Crippen LogP contribution is 2.26. The van der Waals surface area contributed by atoms with Gasteiger partial charge in [0.1, 0.15) is 17.6 Å². The largest absolute Gasteiger partial charge is 0.325 e. The molecule has 2 aromatic heterocycles. The van der Waals surface area contributed by atoms with Crippen molar-refractivity contribution in [2.24, 2.45) is 0 Å². The van der Waals surface area contributed by atoms with Crippen molar-refractivity contribution in [1.29, 1.82) is 0 Å². The minimum Gasteiger partial charge on any atom is -0.325 e. The normalized spacial score (nSPS) is 11.2. The number of benzene rings is 3. The molecule has 5 aromatic rings. The van der Waals surface area contributed by atoms with Gasteiger partial charge in [0.05, 0.1) is 18.4 Å². The summed E-state index contributed by atoms with van der Waals surface area (Å²) in [5.41, 5.74) is 2.89. The zero-order valence-corrected chi connectivity index (χ0v) is 18.8.